The van der Waals surface area contributed by atoms with Crippen LogP contribution in [0.4, 0.5) is 4.39 Å². The van der Waals surface area contributed by atoms with E-state index in [1.54, 1.807) is 13.0 Å². The molecule has 1 aromatic carbocycles. The second kappa shape index (κ2) is 13.3. The van der Waals surface area contributed by atoms with E-state index in [4.69, 9.17) is 22.4 Å². The number of nitrogens with zero attached hydrogens (tertiary/aromatic N) is 2. The summed E-state index contributed by atoms with van der Waals surface area (Å²) in [5.41, 5.74) is -1.24. The highest BCUT2D eigenvalue weighted by atomic mass is 32.2. The van der Waals surface area contributed by atoms with E-state index in [2.05, 4.69) is 32.7 Å². The minimum Gasteiger partial charge on any atom is -0.478 e. The Balaban J connectivity index is 1.99. The van der Waals surface area contributed by atoms with Crippen molar-refractivity contribution < 1.29 is 35.2 Å². The lowest BCUT2D eigenvalue weighted by atomic mass is 10.1. The minimum absolute atomic E-state index is 0.0359. The van der Waals surface area contributed by atoms with Crippen LogP contribution in [0.5, 0.6) is 5.88 Å². The van der Waals surface area contributed by atoms with E-state index < -0.39 is 56.2 Å². The van der Waals surface area contributed by atoms with Crippen molar-refractivity contribution in [3.63, 3.8) is 0 Å². The van der Waals surface area contributed by atoms with Crippen molar-refractivity contribution in [3.05, 3.63) is 63.8 Å². The molecule has 2 aliphatic heterocycles. The molecule has 10 nitrogen and oxygen atoms in total. The molecule has 3 heterocycles. The molecular weight excluding hydrogens is 624 g/mol. The Labute approximate surface area is 262 Å². The van der Waals surface area contributed by atoms with Gasteiger partial charge in [-0.25, -0.2) is 13.2 Å². The number of hydrogen-bond acceptors (Lipinski definition) is 9. The van der Waals surface area contributed by atoms with Crippen LogP contribution in [-0.4, -0.2) is 60.5 Å². The number of fused-ring (bicyclic) bond motifs is 1. The van der Waals surface area contributed by atoms with Crippen molar-refractivity contribution >= 4 is 27.0 Å². The quantitative estimate of drug-likeness (QED) is 0.290. The van der Waals surface area contributed by atoms with Crippen LogP contribution < -0.4 is 10.4 Å². The Hall–Kier alpha value is -2.21. The summed E-state index contributed by atoms with van der Waals surface area (Å²) in [4.78, 5) is 17.0. The first kappa shape index (κ1) is 34.7. The Bertz CT molecular complexity index is 1500. The monoisotopic (exact) mass is 668 g/mol. The molecule has 44 heavy (non-hydrogen) atoms. The predicted molar refractivity (Wildman–Crippen MR) is 169 cm³/mol. The molecule has 0 bridgehead atoms. The number of hydrogen-bond donors (Lipinski definition) is 0. The van der Waals surface area contributed by atoms with Gasteiger partial charge in [-0.2, -0.15) is 9.37 Å². The average Bonchev–Trinajstić information content (AvgIpc) is 3.29. The molecule has 0 amide bonds. The Morgan fingerprint density at radius 1 is 1.00 bits per heavy atom. The zero-order valence-corrected chi connectivity index (χ0v) is 29.8. The number of aromatic nitrogens is 2. The van der Waals surface area contributed by atoms with Gasteiger partial charge in [0.05, 0.1) is 23.7 Å². The molecule has 4 rings (SSSR count). The second-order valence-electron chi connectivity index (χ2n) is 12.5. The van der Waals surface area contributed by atoms with Crippen molar-refractivity contribution in [1.82, 2.24) is 9.55 Å². The van der Waals surface area contributed by atoms with E-state index in [9.17, 15) is 13.2 Å². The molecule has 0 N–H and O–H groups in total. The molecule has 0 unspecified atom stereocenters. The van der Waals surface area contributed by atoms with Crippen LogP contribution in [0.3, 0.4) is 0 Å². The lowest BCUT2D eigenvalue weighted by molar-refractivity contribution is -0.0562. The molecule has 3 atom stereocenters. The summed E-state index contributed by atoms with van der Waals surface area (Å²) in [6.07, 6.45) is -2.25. The zero-order chi connectivity index (χ0) is 32.6. The third-order valence-electron chi connectivity index (χ3n) is 8.40. The number of sulfone groups is 1. The van der Waals surface area contributed by atoms with Crippen LogP contribution in [0.2, 0.25) is 22.2 Å². The maximum atomic E-state index is 16.8. The van der Waals surface area contributed by atoms with Gasteiger partial charge in [0.2, 0.25) is 20.9 Å². The summed E-state index contributed by atoms with van der Waals surface area (Å²) in [6, 6.07) is 8.77. The molecule has 2 aromatic rings. The highest BCUT2D eigenvalue weighted by Crippen LogP contribution is 2.50. The Kier molecular flexibility index (Phi) is 10.4. The van der Waals surface area contributed by atoms with E-state index in [0.717, 1.165) is 4.57 Å². The number of ether oxygens (including phenoxy) is 2. The third-order valence-corrected chi connectivity index (χ3v) is 20.2. The van der Waals surface area contributed by atoms with Crippen molar-refractivity contribution in [2.24, 2.45) is 0 Å². The van der Waals surface area contributed by atoms with Crippen molar-refractivity contribution in [2.45, 2.75) is 108 Å². The second-order valence-corrected chi connectivity index (χ2v) is 23.2. The summed E-state index contributed by atoms with van der Waals surface area (Å²) in [5, 5.41) is -1.44. The van der Waals surface area contributed by atoms with Crippen molar-refractivity contribution in [1.29, 1.82) is 0 Å². The SMILES string of the molecule is CCOc1ccn([C@@H]2O[C@@H]3CO[Si](C(C)C)(C(C)C)O[Si](C(C)C)(C(C)C)O[C@H]3/C2=C(\F)S(=O)(=O)c2ccccc2)c(=O)n1. The maximum absolute atomic E-state index is 16.8. The van der Waals surface area contributed by atoms with E-state index in [1.807, 2.05) is 27.7 Å². The fourth-order valence-corrected chi connectivity index (χ4v) is 18.5. The zero-order valence-electron chi connectivity index (χ0n) is 26.9. The smallest absolute Gasteiger partial charge is 0.353 e. The van der Waals surface area contributed by atoms with Crippen LogP contribution in [0.25, 0.3) is 0 Å². The molecule has 0 radical (unpaired) electrons. The fraction of sp³-hybridized carbons (Fsp3) is 0.600. The lowest BCUT2D eigenvalue weighted by Gasteiger charge is -2.51. The molecular formula is C30H45FN2O8SSi2. The van der Waals surface area contributed by atoms with Crippen LogP contribution >= 0.6 is 0 Å². The van der Waals surface area contributed by atoms with Crippen LogP contribution in [-0.2, 0) is 27.5 Å². The molecule has 2 saturated heterocycles. The third kappa shape index (κ3) is 6.14. The van der Waals surface area contributed by atoms with Gasteiger partial charge in [0.15, 0.2) is 6.23 Å². The summed E-state index contributed by atoms with van der Waals surface area (Å²) in [6.45, 7) is 18.4. The first-order valence-corrected chi connectivity index (χ1v) is 20.6. The van der Waals surface area contributed by atoms with Crippen molar-refractivity contribution in [3.8, 4) is 5.88 Å². The molecule has 244 valence electrons. The Morgan fingerprint density at radius 2 is 1.59 bits per heavy atom. The van der Waals surface area contributed by atoms with Gasteiger partial charge in [-0.3, -0.25) is 4.57 Å². The number of halogens is 1. The van der Waals surface area contributed by atoms with Crippen LogP contribution in [0, 0.1) is 0 Å². The summed E-state index contributed by atoms with van der Waals surface area (Å²) >= 11 is 0. The average molecular weight is 669 g/mol. The van der Waals surface area contributed by atoms with E-state index in [-0.39, 0.29) is 51.7 Å². The standard InChI is InChI=1S/C30H45FN2O8SSi2/c1-10-37-25-16-17-33(30(34)32-25)29-26(28(31)42(35,36)23-14-12-11-13-15-23)27-24(39-29)18-38-43(19(2)3,20(4)5)41-44(40-27,21(6)7)22(8)9/h11-17,19-22,24,27,29H,10,18H2,1-9H3/b28-26-/t24-,27-,29-/m1/s1. The maximum Gasteiger partial charge on any atom is 0.353 e. The number of rotatable bonds is 9. The molecule has 0 saturated carbocycles. The van der Waals surface area contributed by atoms with Gasteiger partial charge in [-0.15, -0.1) is 0 Å². The normalized spacial score (nSPS) is 24.8. The molecule has 2 aliphatic rings. The lowest BCUT2D eigenvalue weighted by Crippen LogP contribution is -2.65. The molecule has 14 heteroatoms. The van der Waals surface area contributed by atoms with Gasteiger partial charge in [-0.05, 0) is 41.2 Å². The summed E-state index contributed by atoms with van der Waals surface area (Å²) in [5.74, 6) is 0.0874. The van der Waals surface area contributed by atoms with Gasteiger partial charge in [0.25, 0.3) is 0 Å². The van der Waals surface area contributed by atoms with Gasteiger partial charge in [-0.1, -0.05) is 73.6 Å². The largest absolute Gasteiger partial charge is 0.478 e. The highest BCUT2D eigenvalue weighted by Gasteiger charge is 2.61. The fourth-order valence-electron chi connectivity index (χ4n) is 6.13. The van der Waals surface area contributed by atoms with Gasteiger partial charge in [0, 0.05) is 12.3 Å². The minimum atomic E-state index is -4.66. The van der Waals surface area contributed by atoms with E-state index in [1.165, 1.54) is 36.5 Å². The van der Waals surface area contributed by atoms with Crippen LogP contribution in [0.15, 0.2) is 63.0 Å². The van der Waals surface area contributed by atoms with Crippen molar-refractivity contribution in [2.75, 3.05) is 13.2 Å². The first-order valence-electron chi connectivity index (χ1n) is 15.2. The summed E-state index contributed by atoms with van der Waals surface area (Å²) < 4.78 is 78.1. The molecule has 0 spiro atoms. The van der Waals surface area contributed by atoms with Gasteiger partial charge >= 0.3 is 22.8 Å². The van der Waals surface area contributed by atoms with Gasteiger partial charge in [0.1, 0.15) is 12.2 Å². The number of benzene rings is 1. The van der Waals surface area contributed by atoms with Gasteiger partial charge < -0.3 is 22.4 Å². The van der Waals surface area contributed by atoms with E-state index >= 15 is 4.39 Å². The van der Waals surface area contributed by atoms with E-state index in [0.29, 0.717) is 0 Å². The predicted octanol–water partition coefficient (Wildman–Crippen LogP) is 6.15. The summed E-state index contributed by atoms with van der Waals surface area (Å²) in [7, 11) is -11.0. The molecule has 1 aromatic heterocycles. The van der Waals surface area contributed by atoms with Crippen LogP contribution in [0.1, 0.15) is 68.5 Å². The highest BCUT2D eigenvalue weighted by molar-refractivity contribution is 7.95. The Morgan fingerprint density at radius 3 is 2.11 bits per heavy atom. The molecule has 0 aliphatic carbocycles. The first-order chi connectivity index (χ1) is 20.6. The topological polar surface area (TPSA) is 115 Å². The molecule has 2 fully saturated rings.